The van der Waals surface area contributed by atoms with Crippen LogP contribution >= 0.6 is 0 Å². The maximum atomic E-state index is 12.6. The van der Waals surface area contributed by atoms with Crippen molar-refractivity contribution < 1.29 is 4.79 Å². The van der Waals surface area contributed by atoms with E-state index in [2.05, 4.69) is 33.8 Å². The fourth-order valence-electron chi connectivity index (χ4n) is 3.12. The van der Waals surface area contributed by atoms with Crippen molar-refractivity contribution >= 4 is 17.7 Å². The highest BCUT2D eigenvalue weighted by molar-refractivity contribution is 6.09. The van der Waals surface area contributed by atoms with E-state index in [0.717, 1.165) is 23.5 Å². The van der Waals surface area contributed by atoms with Crippen molar-refractivity contribution in [2.75, 3.05) is 5.32 Å². The normalized spacial score (nSPS) is 11.5. The topological polar surface area (TPSA) is 88.5 Å². The molecule has 3 aromatic heterocycles. The first kappa shape index (κ1) is 20.1. The molecule has 148 valence electrons. The number of carbonyl (C=O) groups is 1. The van der Waals surface area contributed by atoms with Crippen molar-refractivity contribution in [1.82, 2.24) is 19.3 Å². The van der Waals surface area contributed by atoms with Crippen LogP contribution in [0.1, 0.15) is 30.8 Å². The molecule has 3 rings (SSSR count). The highest BCUT2D eigenvalue weighted by Gasteiger charge is 2.14. The molecule has 1 amide bonds. The number of amides is 1. The largest absolute Gasteiger partial charge is 0.348 e. The Bertz CT molecular complexity index is 1070. The molecule has 0 aliphatic heterocycles. The fourth-order valence-corrected chi connectivity index (χ4v) is 3.12. The number of pyridine rings is 1. The third-order valence-electron chi connectivity index (χ3n) is 4.57. The van der Waals surface area contributed by atoms with Gasteiger partial charge in [0.05, 0.1) is 11.9 Å². The molecule has 0 radical (unpaired) electrons. The monoisotopic (exact) mass is 388 g/mol. The van der Waals surface area contributed by atoms with Gasteiger partial charge in [0.15, 0.2) is 5.82 Å². The van der Waals surface area contributed by atoms with Crippen LogP contribution in [0.4, 0.5) is 5.69 Å². The minimum atomic E-state index is -0.463. The minimum absolute atomic E-state index is 0.0472. The second kappa shape index (κ2) is 8.57. The predicted molar refractivity (Wildman–Crippen MR) is 112 cm³/mol. The molecule has 3 heterocycles. The second-order valence-electron chi connectivity index (χ2n) is 7.31. The van der Waals surface area contributed by atoms with E-state index in [9.17, 15) is 10.1 Å². The zero-order valence-electron chi connectivity index (χ0n) is 17.0. The average molecular weight is 388 g/mol. The molecule has 3 aromatic rings. The van der Waals surface area contributed by atoms with Gasteiger partial charge in [0, 0.05) is 30.3 Å². The quantitative estimate of drug-likeness (QED) is 0.512. The van der Waals surface area contributed by atoms with E-state index in [1.807, 2.05) is 26.0 Å². The van der Waals surface area contributed by atoms with Gasteiger partial charge in [0.25, 0.3) is 5.91 Å². The first-order valence-electron chi connectivity index (χ1n) is 9.45. The number of aromatic nitrogens is 4. The standard InChI is InChI=1S/C22H24N6O/c1-15(2)14-27-16(3)10-18(17(27)4)11-19(12-23)22(29)26-20-6-7-21(24-13-20)28-9-5-8-25-28/h5-11,13,15H,14H2,1-4H3,(H,26,29)/b19-11+. The third-order valence-corrected chi connectivity index (χ3v) is 4.57. The molecule has 7 heteroatoms. The van der Waals surface area contributed by atoms with Crippen molar-refractivity contribution in [3.8, 4) is 11.9 Å². The Labute approximate surface area is 170 Å². The van der Waals surface area contributed by atoms with E-state index >= 15 is 0 Å². The van der Waals surface area contributed by atoms with E-state index in [0.29, 0.717) is 17.4 Å². The number of anilines is 1. The van der Waals surface area contributed by atoms with Gasteiger partial charge >= 0.3 is 0 Å². The van der Waals surface area contributed by atoms with Crippen molar-refractivity contribution in [3.63, 3.8) is 0 Å². The Hall–Kier alpha value is -3.66. The summed E-state index contributed by atoms with van der Waals surface area (Å²) in [6, 6.07) is 9.29. The van der Waals surface area contributed by atoms with Crippen LogP contribution in [-0.2, 0) is 11.3 Å². The van der Waals surface area contributed by atoms with Gasteiger partial charge in [-0.25, -0.2) is 9.67 Å². The van der Waals surface area contributed by atoms with E-state index in [-0.39, 0.29) is 5.57 Å². The van der Waals surface area contributed by atoms with Crippen LogP contribution in [0, 0.1) is 31.1 Å². The zero-order valence-corrected chi connectivity index (χ0v) is 17.0. The molecule has 7 nitrogen and oxygen atoms in total. The lowest BCUT2D eigenvalue weighted by atomic mass is 10.1. The zero-order chi connectivity index (χ0) is 21.0. The maximum absolute atomic E-state index is 12.6. The van der Waals surface area contributed by atoms with Crippen molar-refractivity contribution in [2.45, 2.75) is 34.2 Å². The Balaban J connectivity index is 1.78. The summed E-state index contributed by atoms with van der Waals surface area (Å²) in [6.45, 7) is 9.26. The van der Waals surface area contributed by atoms with E-state index in [1.54, 1.807) is 47.5 Å². The smallest absolute Gasteiger partial charge is 0.266 e. The van der Waals surface area contributed by atoms with Crippen LogP contribution in [0.15, 0.2) is 48.4 Å². The number of nitrogens with zero attached hydrogens (tertiary/aromatic N) is 5. The number of hydrogen-bond donors (Lipinski definition) is 1. The summed E-state index contributed by atoms with van der Waals surface area (Å²) in [5, 5.41) is 16.3. The third kappa shape index (κ3) is 4.61. The Morgan fingerprint density at radius 2 is 2.14 bits per heavy atom. The van der Waals surface area contributed by atoms with Gasteiger partial charge in [-0.05, 0) is 55.7 Å². The summed E-state index contributed by atoms with van der Waals surface area (Å²) < 4.78 is 3.83. The molecule has 0 atom stereocenters. The summed E-state index contributed by atoms with van der Waals surface area (Å²) in [6.07, 6.45) is 6.63. The van der Waals surface area contributed by atoms with E-state index in [4.69, 9.17) is 0 Å². The lowest BCUT2D eigenvalue weighted by Crippen LogP contribution is -2.14. The van der Waals surface area contributed by atoms with Gasteiger partial charge in [-0.15, -0.1) is 0 Å². The Morgan fingerprint density at radius 1 is 1.34 bits per heavy atom. The fraction of sp³-hybridized carbons (Fsp3) is 0.273. The first-order chi connectivity index (χ1) is 13.9. The molecule has 0 aliphatic rings. The number of nitrogens with one attached hydrogen (secondary N) is 1. The van der Waals surface area contributed by atoms with Crippen LogP contribution in [0.3, 0.4) is 0 Å². The van der Waals surface area contributed by atoms with Crippen molar-refractivity contribution in [3.05, 3.63) is 65.4 Å². The van der Waals surface area contributed by atoms with Crippen LogP contribution < -0.4 is 5.32 Å². The van der Waals surface area contributed by atoms with Gasteiger partial charge in [-0.3, -0.25) is 4.79 Å². The highest BCUT2D eigenvalue weighted by atomic mass is 16.1. The number of hydrogen-bond acceptors (Lipinski definition) is 4. The van der Waals surface area contributed by atoms with Crippen LogP contribution in [0.25, 0.3) is 11.9 Å². The molecular formula is C22H24N6O. The van der Waals surface area contributed by atoms with Crippen molar-refractivity contribution in [1.29, 1.82) is 5.26 Å². The predicted octanol–water partition coefficient (Wildman–Crippen LogP) is 3.89. The molecular weight excluding hydrogens is 364 g/mol. The number of nitriles is 1. The van der Waals surface area contributed by atoms with Gasteiger partial charge in [0.1, 0.15) is 11.6 Å². The molecule has 0 saturated carbocycles. The van der Waals surface area contributed by atoms with Crippen LogP contribution in [-0.4, -0.2) is 25.2 Å². The molecule has 0 fully saturated rings. The summed E-state index contributed by atoms with van der Waals surface area (Å²) in [7, 11) is 0. The molecule has 1 N–H and O–H groups in total. The number of rotatable bonds is 6. The SMILES string of the molecule is Cc1cc(/C=C(\C#N)C(=O)Nc2ccc(-n3cccn3)nc2)c(C)n1CC(C)C. The molecule has 29 heavy (non-hydrogen) atoms. The molecule has 0 aromatic carbocycles. The molecule has 0 saturated heterocycles. The maximum Gasteiger partial charge on any atom is 0.266 e. The lowest BCUT2D eigenvalue weighted by molar-refractivity contribution is -0.112. The molecule has 0 bridgehead atoms. The Morgan fingerprint density at radius 3 is 2.72 bits per heavy atom. The summed E-state index contributed by atoms with van der Waals surface area (Å²) in [5.41, 5.74) is 3.59. The minimum Gasteiger partial charge on any atom is -0.348 e. The van der Waals surface area contributed by atoms with Crippen molar-refractivity contribution in [2.24, 2.45) is 5.92 Å². The second-order valence-corrected chi connectivity index (χ2v) is 7.31. The first-order valence-corrected chi connectivity index (χ1v) is 9.45. The highest BCUT2D eigenvalue weighted by Crippen LogP contribution is 2.20. The van der Waals surface area contributed by atoms with Gasteiger partial charge < -0.3 is 9.88 Å². The van der Waals surface area contributed by atoms with Crippen LogP contribution in [0.5, 0.6) is 0 Å². The van der Waals surface area contributed by atoms with E-state index in [1.165, 1.54) is 0 Å². The van der Waals surface area contributed by atoms with Gasteiger partial charge in [-0.1, -0.05) is 13.8 Å². The lowest BCUT2D eigenvalue weighted by Gasteiger charge is -2.12. The van der Waals surface area contributed by atoms with Gasteiger partial charge in [0.2, 0.25) is 0 Å². The number of aryl methyl sites for hydroxylation is 1. The van der Waals surface area contributed by atoms with Crippen LogP contribution in [0.2, 0.25) is 0 Å². The summed E-state index contributed by atoms with van der Waals surface area (Å²) in [4.78, 5) is 16.9. The molecule has 0 aliphatic carbocycles. The molecule has 0 unspecified atom stereocenters. The number of carbonyl (C=O) groups excluding carboxylic acids is 1. The molecule has 0 spiro atoms. The van der Waals surface area contributed by atoms with E-state index < -0.39 is 5.91 Å². The summed E-state index contributed by atoms with van der Waals surface area (Å²) >= 11 is 0. The average Bonchev–Trinajstić information content (AvgIpc) is 3.31. The Kier molecular flexibility index (Phi) is 5.93. The summed E-state index contributed by atoms with van der Waals surface area (Å²) in [5.74, 6) is 0.684. The van der Waals surface area contributed by atoms with Gasteiger partial charge in [-0.2, -0.15) is 10.4 Å².